The second-order valence-electron chi connectivity index (χ2n) is 7.54. The van der Waals surface area contributed by atoms with E-state index < -0.39 is 0 Å². The van der Waals surface area contributed by atoms with Crippen LogP contribution >= 0.6 is 0 Å². The predicted molar refractivity (Wildman–Crippen MR) is 121 cm³/mol. The Balaban J connectivity index is 1.96. The van der Waals surface area contributed by atoms with Crippen molar-refractivity contribution in [3.63, 3.8) is 0 Å². The molecule has 0 unspecified atom stereocenters. The van der Waals surface area contributed by atoms with Crippen LogP contribution in [0.2, 0.25) is 0 Å². The van der Waals surface area contributed by atoms with E-state index in [0.29, 0.717) is 5.95 Å². The summed E-state index contributed by atoms with van der Waals surface area (Å²) in [7, 11) is 0. The van der Waals surface area contributed by atoms with Crippen LogP contribution in [0, 0.1) is 0 Å². The molecule has 28 heavy (non-hydrogen) atoms. The number of hydrogen-bond acceptors (Lipinski definition) is 4. The third-order valence-corrected chi connectivity index (χ3v) is 5.48. The van der Waals surface area contributed by atoms with Gasteiger partial charge in [0.2, 0.25) is 5.95 Å². The van der Waals surface area contributed by atoms with Crippen molar-refractivity contribution in [3.8, 4) is 0 Å². The standard InChI is InChI=1S/C24H38N4/c1-5-9-14-26-23-21(17-27-24(25)28-23)13-11-10-12-18-15-19(6-2)22(8-4)20(7-3)16-18/h15-17H,5-14H2,1-4H3,(H3,25,26,27,28). The van der Waals surface area contributed by atoms with Gasteiger partial charge in [-0.1, -0.05) is 46.2 Å². The topological polar surface area (TPSA) is 63.8 Å². The number of rotatable bonds is 12. The Bertz CT molecular complexity index is 714. The molecule has 154 valence electrons. The van der Waals surface area contributed by atoms with E-state index in [9.17, 15) is 0 Å². The Hall–Kier alpha value is -2.10. The summed E-state index contributed by atoms with van der Waals surface area (Å²) in [5.41, 5.74) is 13.1. The first kappa shape index (κ1) is 22.2. The Kier molecular flexibility index (Phi) is 9.26. The van der Waals surface area contributed by atoms with E-state index >= 15 is 0 Å². The number of benzene rings is 1. The molecule has 0 amide bonds. The summed E-state index contributed by atoms with van der Waals surface area (Å²) in [4.78, 5) is 8.60. The number of anilines is 2. The van der Waals surface area contributed by atoms with Gasteiger partial charge in [0.1, 0.15) is 5.82 Å². The highest BCUT2D eigenvalue weighted by molar-refractivity contribution is 5.46. The lowest BCUT2D eigenvalue weighted by atomic mass is 9.91. The number of nitrogens with zero attached hydrogens (tertiary/aromatic N) is 2. The van der Waals surface area contributed by atoms with E-state index in [1.165, 1.54) is 35.1 Å². The zero-order chi connectivity index (χ0) is 20.4. The van der Waals surface area contributed by atoms with Crippen LogP contribution in [-0.2, 0) is 32.1 Å². The van der Waals surface area contributed by atoms with E-state index in [2.05, 4.69) is 55.1 Å². The number of nitrogen functional groups attached to an aromatic ring is 1. The minimum Gasteiger partial charge on any atom is -0.370 e. The minimum absolute atomic E-state index is 0.345. The van der Waals surface area contributed by atoms with Crippen molar-refractivity contribution in [1.29, 1.82) is 0 Å². The molecule has 0 atom stereocenters. The molecule has 4 nitrogen and oxygen atoms in total. The smallest absolute Gasteiger partial charge is 0.221 e. The van der Waals surface area contributed by atoms with Gasteiger partial charge in [-0.3, -0.25) is 0 Å². The first-order valence-corrected chi connectivity index (χ1v) is 11.1. The van der Waals surface area contributed by atoms with Gasteiger partial charge in [-0.05, 0) is 73.6 Å². The molecule has 0 saturated heterocycles. The summed E-state index contributed by atoms with van der Waals surface area (Å²) in [6, 6.07) is 4.87. The van der Waals surface area contributed by atoms with Crippen molar-refractivity contribution < 1.29 is 0 Å². The fourth-order valence-electron chi connectivity index (χ4n) is 3.88. The van der Waals surface area contributed by atoms with Crippen molar-refractivity contribution in [2.24, 2.45) is 0 Å². The number of unbranched alkanes of at least 4 members (excludes halogenated alkanes) is 2. The van der Waals surface area contributed by atoms with Gasteiger partial charge in [-0.15, -0.1) is 0 Å². The van der Waals surface area contributed by atoms with Gasteiger partial charge in [-0.2, -0.15) is 4.98 Å². The minimum atomic E-state index is 0.345. The lowest BCUT2D eigenvalue weighted by molar-refractivity contribution is 0.728. The maximum absolute atomic E-state index is 5.78. The molecular formula is C24H38N4. The molecule has 2 rings (SSSR count). The molecule has 0 fully saturated rings. The molecule has 4 heteroatoms. The van der Waals surface area contributed by atoms with Gasteiger partial charge in [0, 0.05) is 18.3 Å². The van der Waals surface area contributed by atoms with Crippen molar-refractivity contribution in [2.75, 3.05) is 17.6 Å². The normalized spacial score (nSPS) is 11.0. The fraction of sp³-hybridized carbons (Fsp3) is 0.583. The third-order valence-electron chi connectivity index (χ3n) is 5.48. The Morgan fingerprint density at radius 3 is 2.14 bits per heavy atom. The van der Waals surface area contributed by atoms with Gasteiger partial charge < -0.3 is 11.1 Å². The van der Waals surface area contributed by atoms with Gasteiger partial charge in [0.05, 0.1) is 0 Å². The van der Waals surface area contributed by atoms with Crippen LogP contribution in [0.15, 0.2) is 18.3 Å². The quantitative estimate of drug-likeness (QED) is 0.474. The lowest BCUT2D eigenvalue weighted by Gasteiger charge is -2.15. The summed E-state index contributed by atoms with van der Waals surface area (Å²) < 4.78 is 0. The van der Waals surface area contributed by atoms with Gasteiger partial charge in [0.15, 0.2) is 0 Å². The molecular weight excluding hydrogens is 344 g/mol. The van der Waals surface area contributed by atoms with Crippen LogP contribution in [0.5, 0.6) is 0 Å². The first-order chi connectivity index (χ1) is 13.6. The van der Waals surface area contributed by atoms with Crippen LogP contribution in [0.1, 0.15) is 81.2 Å². The average Bonchev–Trinajstić information content (AvgIpc) is 2.71. The van der Waals surface area contributed by atoms with Gasteiger partial charge in [-0.25, -0.2) is 4.98 Å². The molecule has 1 aromatic heterocycles. The fourth-order valence-corrected chi connectivity index (χ4v) is 3.88. The van der Waals surface area contributed by atoms with Crippen LogP contribution in [0.25, 0.3) is 0 Å². The monoisotopic (exact) mass is 382 g/mol. The molecule has 0 spiro atoms. The van der Waals surface area contributed by atoms with E-state index in [1.54, 1.807) is 5.56 Å². The van der Waals surface area contributed by atoms with E-state index in [1.807, 2.05) is 6.20 Å². The number of aryl methyl sites for hydroxylation is 4. The highest BCUT2D eigenvalue weighted by atomic mass is 15.1. The molecule has 2 aromatic rings. The summed E-state index contributed by atoms with van der Waals surface area (Å²) in [5, 5.41) is 3.43. The van der Waals surface area contributed by atoms with Crippen LogP contribution in [0.4, 0.5) is 11.8 Å². The van der Waals surface area contributed by atoms with E-state index in [-0.39, 0.29) is 0 Å². The third kappa shape index (κ3) is 6.22. The highest BCUT2D eigenvalue weighted by Crippen LogP contribution is 2.22. The largest absolute Gasteiger partial charge is 0.370 e. The molecule has 3 N–H and O–H groups in total. The average molecular weight is 383 g/mol. The molecule has 1 aromatic carbocycles. The van der Waals surface area contributed by atoms with Crippen molar-refractivity contribution in [2.45, 2.75) is 85.5 Å². The maximum atomic E-state index is 5.78. The van der Waals surface area contributed by atoms with Gasteiger partial charge >= 0.3 is 0 Å². The molecule has 0 aliphatic rings. The van der Waals surface area contributed by atoms with Crippen molar-refractivity contribution in [3.05, 3.63) is 46.1 Å². The Morgan fingerprint density at radius 1 is 0.857 bits per heavy atom. The van der Waals surface area contributed by atoms with E-state index in [4.69, 9.17) is 5.73 Å². The number of aromatic nitrogens is 2. The number of hydrogen-bond donors (Lipinski definition) is 2. The van der Waals surface area contributed by atoms with Crippen molar-refractivity contribution >= 4 is 11.8 Å². The molecule has 0 saturated carbocycles. The molecule has 0 aliphatic heterocycles. The van der Waals surface area contributed by atoms with Gasteiger partial charge in [0.25, 0.3) is 0 Å². The van der Waals surface area contributed by atoms with Crippen LogP contribution in [0.3, 0.4) is 0 Å². The summed E-state index contributed by atoms with van der Waals surface area (Å²) in [5.74, 6) is 1.26. The van der Waals surface area contributed by atoms with Crippen LogP contribution in [-0.4, -0.2) is 16.5 Å². The van der Waals surface area contributed by atoms with Crippen molar-refractivity contribution in [1.82, 2.24) is 9.97 Å². The summed E-state index contributed by atoms with van der Waals surface area (Å²) in [6.07, 6.45) is 12.0. The van der Waals surface area contributed by atoms with Crippen LogP contribution < -0.4 is 11.1 Å². The number of nitrogens with two attached hydrogens (primary N) is 1. The van der Waals surface area contributed by atoms with E-state index in [0.717, 1.165) is 57.3 Å². The summed E-state index contributed by atoms with van der Waals surface area (Å²) in [6.45, 7) is 9.94. The maximum Gasteiger partial charge on any atom is 0.221 e. The summed E-state index contributed by atoms with van der Waals surface area (Å²) >= 11 is 0. The Labute approximate surface area is 171 Å². The lowest BCUT2D eigenvalue weighted by Crippen LogP contribution is -2.09. The second-order valence-corrected chi connectivity index (χ2v) is 7.54. The second kappa shape index (κ2) is 11.7. The first-order valence-electron chi connectivity index (χ1n) is 11.1. The molecule has 0 radical (unpaired) electrons. The molecule has 0 bridgehead atoms. The predicted octanol–water partition coefficient (Wildman–Crippen LogP) is 5.52. The Morgan fingerprint density at radius 2 is 1.54 bits per heavy atom. The highest BCUT2D eigenvalue weighted by Gasteiger charge is 2.09. The molecule has 0 aliphatic carbocycles. The molecule has 1 heterocycles. The zero-order valence-corrected chi connectivity index (χ0v) is 18.3. The SMILES string of the molecule is CCCCNc1nc(N)ncc1CCCCc1cc(CC)c(CC)c(CC)c1. The zero-order valence-electron chi connectivity index (χ0n) is 18.3. The number of nitrogens with one attached hydrogen (secondary N) is 1.